The summed E-state index contributed by atoms with van der Waals surface area (Å²) in [6, 6.07) is 0.851. The van der Waals surface area contributed by atoms with E-state index in [0.717, 1.165) is 44.6 Å². The second kappa shape index (κ2) is 7.21. The molecule has 0 aromatic rings. The fourth-order valence-electron chi connectivity index (χ4n) is 3.43. The van der Waals surface area contributed by atoms with Gasteiger partial charge in [-0.15, -0.1) is 0 Å². The predicted molar refractivity (Wildman–Crippen MR) is 79.7 cm³/mol. The Bertz CT molecular complexity index is 278. The average Bonchev–Trinajstić information content (AvgIpc) is 3.19. The van der Waals surface area contributed by atoms with Crippen molar-refractivity contribution in [1.29, 1.82) is 0 Å². The van der Waals surface area contributed by atoms with Crippen LogP contribution in [0.5, 0.6) is 0 Å². The normalized spacial score (nSPS) is 26.4. The molecule has 0 radical (unpaired) electrons. The van der Waals surface area contributed by atoms with E-state index < -0.39 is 0 Å². The number of rotatable bonds is 8. The van der Waals surface area contributed by atoms with Gasteiger partial charge in [-0.1, -0.05) is 0 Å². The monoisotopic (exact) mass is 282 g/mol. The smallest absolute Gasteiger partial charge is 0.168 e. The molecule has 0 bridgehead atoms. The molecule has 3 aliphatic rings. The van der Waals surface area contributed by atoms with Crippen molar-refractivity contribution in [2.45, 2.75) is 63.2 Å². The van der Waals surface area contributed by atoms with Crippen LogP contribution in [-0.2, 0) is 9.47 Å². The van der Waals surface area contributed by atoms with Gasteiger partial charge >= 0.3 is 0 Å². The summed E-state index contributed by atoms with van der Waals surface area (Å²) in [6.07, 6.45) is 10.1. The molecule has 116 valence electrons. The Kier molecular flexibility index (Phi) is 5.32. The molecule has 0 aromatic carbocycles. The van der Waals surface area contributed by atoms with E-state index in [4.69, 9.17) is 9.47 Å². The Labute approximate surface area is 123 Å². The molecule has 1 spiro atoms. The fourth-order valence-corrected chi connectivity index (χ4v) is 3.43. The van der Waals surface area contributed by atoms with Crippen molar-refractivity contribution >= 4 is 0 Å². The van der Waals surface area contributed by atoms with Gasteiger partial charge in [0.25, 0.3) is 0 Å². The van der Waals surface area contributed by atoms with E-state index in [1.807, 2.05) is 0 Å². The lowest BCUT2D eigenvalue weighted by Crippen LogP contribution is -2.35. The molecule has 2 N–H and O–H groups in total. The lowest BCUT2D eigenvalue weighted by atomic mass is 9.83. The third-order valence-corrected chi connectivity index (χ3v) is 4.95. The Hall–Kier alpha value is -0.160. The van der Waals surface area contributed by atoms with Crippen LogP contribution in [-0.4, -0.2) is 44.7 Å². The van der Waals surface area contributed by atoms with Crippen molar-refractivity contribution in [2.24, 2.45) is 5.92 Å². The van der Waals surface area contributed by atoms with Crippen LogP contribution in [0.2, 0.25) is 0 Å². The van der Waals surface area contributed by atoms with Gasteiger partial charge in [-0.2, -0.15) is 0 Å². The number of ether oxygens (including phenoxy) is 2. The molecule has 1 heterocycles. The molecule has 1 saturated heterocycles. The molecule has 0 aromatic heterocycles. The SMILES string of the molecule is C(CNCCC1CCC2(CC1)OCCO2)CNC1CC1. The van der Waals surface area contributed by atoms with E-state index in [0.29, 0.717) is 0 Å². The highest BCUT2D eigenvalue weighted by Gasteiger charge is 2.39. The zero-order valence-corrected chi connectivity index (χ0v) is 12.7. The van der Waals surface area contributed by atoms with Crippen LogP contribution in [0, 0.1) is 5.92 Å². The molecule has 2 saturated carbocycles. The Balaban J connectivity index is 1.18. The van der Waals surface area contributed by atoms with Gasteiger partial charge in [0.15, 0.2) is 5.79 Å². The molecule has 0 unspecified atom stereocenters. The van der Waals surface area contributed by atoms with E-state index in [1.165, 1.54) is 51.6 Å². The molecule has 4 heteroatoms. The van der Waals surface area contributed by atoms with Crippen molar-refractivity contribution in [3.05, 3.63) is 0 Å². The van der Waals surface area contributed by atoms with E-state index >= 15 is 0 Å². The maximum atomic E-state index is 5.78. The molecule has 0 atom stereocenters. The Morgan fingerprint density at radius 2 is 1.65 bits per heavy atom. The van der Waals surface area contributed by atoms with Crippen LogP contribution >= 0.6 is 0 Å². The summed E-state index contributed by atoms with van der Waals surface area (Å²) in [5, 5.41) is 7.14. The summed E-state index contributed by atoms with van der Waals surface area (Å²) in [5.41, 5.74) is 0. The van der Waals surface area contributed by atoms with Gasteiger partial charge in [-0.3, -0.25) is 0 Å². The van der Waals surface area contributed by atoms with E-state index in [9.17, 15) is 0 Å². The number of hydrogen-bond acceptors (Lipinski definition) is 4. The van der Waals surface area contributed by atoms with Crippen molar-refractivity contribution in [1.82, 2.24) is 10.6 Å². The molecule has 3 fully saturated rings. The fraction of sp³-hybridized carbons (Fsp3) is 1.00. The minimum Gasteiger partial charge on any atom is -0.348 e. The second-order valence-electron chi connectivity index (χ2n) is 6.67. The van der Waals surface area contributed by atoms with Crippen molar-refractivity contribution < 1.29 is 9.47 Å². The first-order valence-corrected chi connectivity index (χ1v) is 8.58. The van der Waals surface area contributed by atoms with Gasteiger partial charge in [-0.05, 0) is 64.1 Å². The molecular formula is C16H30N2O2. The molecule has 20 heavy (non-hydrogen) atoms. The topological polar surface area (TPSA) is 42.5 Å². The lowest BCUT2D eigenvalue weighted by molar-refractivity contribution is -0.182. The largest absolute Gasteiger partial charge is 0.348 e. The zero-order valence-electron chi connectivity index (χ0n) is 12.7. The molecule has 1 aliphatic heterocycles. The van der Waals surface area contributed by atoms with E-state index in [2.05, 4.69) is 10.6 Å². The Morgan fingerprint density at radius 3 is 2.35 bits per heavy atom. The quantitative estimate of drug-likeness (QED) is 0.669. The molecular weight excluding hydrogens is 252 g/mol. The van der Waals surface area contributed by atoms with E-state index in [-0.39, 0.29) is 5.79 Å². The summed E-state index contributed by atoms with van der Waals surface area (Å²) in [7, 11) is 0. The second-order valence-corrected chi connectivity index (χ2v) is 6.67. The average molecular weight is 282 g/mol. The zero-order chi connectivity index (χ0) is 13.7. The molecule has 3 rings (SSSR count). The first-order chi connectivity index (χ1) is 9.86. The summed E-state index contributed by atoms with van der Waals surface area (Å²) in [6.45, 7) is 5.09. The first-order valence-electron chi connectivity index (χ1n) is 8.58. The van der Waals surface area contributed by atoms with Crippen LogP contribution in [0.4, 0.5) is 0 Å². The van der Waals surface area contributed by atoms with E-state index in [1.54, 1.807) is 0 Å². The highest BCUT2D eigenvalue weighted by Crippen LogP contribution is 2.39. The summed E-state index contributed by atoms with van der Waals surface area (Å²) >= 11 is 0. The van der Waals surface area contributed by atoms with Gasteiger partial charge in [0.2, 0.25) is 0 Å². The highest BCUT2D eigenvalue weighted by molar-refractivity contribution is 4.83. The number of hydrogen-bond donors (Lipinski definition) is 2. The van der Waals surface area contributed by atoms with Gasteiger partial charge in [0.05, 0.1) is 13.2 Å². The van der Waals surface area contributed by atoms with Crippen LogP contribution in [0.3, 0.4) is 0 Å². The standard InChI is InChI=1S/C16H30N2O2/c1(10-18-15-2-3-15)9-17-11-6-14-4-7-16(8-5-14)19-12-13-20-16/h14-15,17-18H,1-13H2. The van der Waals surface area contributed by atoms with Crippen molar-refractivity contribution in [2.75, 3.05) is 32.8 Å². The van der Waals surface area contributed by atoms with Gasteiger partial charge in [-0.25, -0.2) is 0 Å². The van der Waals surface area contributed by atoms with Gasteiger partial charge in [0.1, 0.15) is 0 Å². The highest BCUT2D eigenvalue weighted by atomic mass is 16.7. The summed E-state index contributed by atoms with van der Waals surface area (Å²) < 4.78 is 11.6. The maximum absolute atomic E-state index is 5.78. The molecule has 4 nitrogen and oxygen atoms in total. The minimum atomic E-state index is -0.182. The third-order valence-electron chi connectivity index (χ3n) is 4.95. The van der Waals surface area contributed by atoms with Crippen LogP contribution in [0.25, 0.3) is 0 Å². The van der Waals surface area contributed by atoms with Gasteiger partial charge < -0.3 is 20.1 Å². The van der Waals surface area contributed by atoms with Crippen molar-refractivity contribution in [3.8, 4) is 0 Å². The lowest BCUT2D eigenvalue weighted by Gasteiger charge is -2.35. The predicted octanol–water partition coefficient (Wildman–Crippen LogP) is 2.04. The maximum Gasteiger partial charge on any atom is 0.168 e. The summed E-state index contributed by atoms with van der Waals surface area (Å²) in [5.74, 6) is 0.684. The Morgan fingerprint density at radius 1 is 0.900 bits per heavy atom. The van der Waals surface area contributed by atoms with Crippen LogP contribution in [0.15, 0.2) is 0 Å². The third kappa shape index (κ3) is 4.42. The number of nitrogens with one attached hydrogen (secondary N) is 2. The molecule has 2 aliphatic carbocycles. The first kappa shape index (κ1) is 14.8. The van der Waals surface area contributed by atoms with Crippen molar-refractivity contribution in [3.63, 3.8) is 0 Å². The van der Waals surface area contributed by atoms with Crippen LogP contribution < -0.4 is 10.6 Å². The molecule has 0 amide bonds. The minimum absolute atomic E-state index is 0.182. The summed E-state index contributed by atoms with van der Waals surface area (Å²) in [4.78, 5) is 0. The van der Waals surface area contributed by atoms with Crippen LogP contribution in [0.1, 0.15) is 51.4 Å². The van der Waals surface area contributed by atoms with Gasteiger partial charge in [0, 0.05) is 18.9 Å².